The number of hydrogen-bond donors (Lipinski definition) is 0. The lowest BCUT2D eigenvalue weighted by atomic mass is 9.94. The molecule has 0 saturated heterocycles. The molecule has 0 spiro atoms. The highest BCUT2D eigenvalue weighted by molar-refractivity contribution is 6.09. The van der Waals surface area contributed by atoms with E-state index in [1.807, 2.05) is 61.1 Å². The topological polar surface area (TPSA) is 56.7 Å². The van der Waals surface area contributed by atoms with Crippen molar-refractivity contribution < 1.29 is 4.42 Å². The molecule has 5 aromatic heterocycles. The highest BCUT2D eigenvalue weighted by Crippen LogP contribution is 2.42. The van der Waals surface area contributed by atoms with Gasteiger partial charge in [-0.05, 0) is 114 Å². The molecule has 0 unspecified atom stereocenters. The summed E-state index contributed by atoms with van der Waals surface area (Å²) in [6, 6.07) is 44.4. The van der Waals surface area contributed by atoms with Gasteiger partial charge in [-0.2, -0.15) is 0 Å². The molecule has 0 radical (unpaired) electrons. The minimum Gasteiger partial charge on any atom is -0.456 e. The lowest BCUT2D eigenvalue weighted by Crippen LogP contribution is -2.00. The van der Waals surface area contributed by atoms with E-state index in [2.05, 4.69) is 112 Å². The quantitative estimate of drug-likeness (QED) is 0.187. The maximum atomic E-state index is 6.51. The summed E-state index contributed by atoms with van der Waals surface area (Å²) in [4.78, 5) is 14.1. The summed E-state index contributed by atoms with van der Waals surface area (Å²) in [6.07, 6.45) is 12.1. The van der Waals surface area contributed by atoms with Crippen LogP contribution in [0.15, 0.2) is 156 Å². The lowest BCUT2D eigenvalue weighted by Gasteiger charge is -2.12. The van der Waals surface area contributed by atoms with Crippen LogP contribution in [0.1, 0.15) is 17.7 Å². The number of nitrogens with zero attached hydrogens (tertiary/aromatic N) is 4. The van der Waals surface area contributed by atoms with Crippen molar-refractivity contribution in [3.63, 3.8) is 0 Å². The second-order valence-corrected chi connectivity index (χ2v) is 12.7. The minimum absolute atomic E-state index is 0.827. The van der Waals surface area contributed by atoms with E-state index < -0.39 is 0 Å². The molecule has 4 aromatic carbocycles. The number of allylic oxidation sites excluding steroid dienone is 1. The monoisotopic (exact) mass is 642 g/mol. The Labute approximate surface area is 288 Å². The Kier molecular flexibility index (Phi) is 6.56. The third kappa shape index (κ3) is 4.59. The van der Waals surface area contributed by atoms with Crippen molar-refractivity contribution in [1.82, 2.24) is 19.5 Å². The van der Waals surface area contributed by atoms with Crippen molar-refractivity contribution in [1.29, 1.82) is 0 Å². The fourth-order valence-corrected chi connectivity index (χ4v) is 7.58. The van der Waals surface area contributed by atoms with Crippen LogP contribution in [0, 0.1) is 0 Å². The van der Waals surface area contributed by atoms with Crippen LogP contribution >= 0.6 is 0 Å². The van der Waals surface area contributed by atoms with E-state index in [9.17, 15) is 0 Å². The van der Waals surface area contributed by atoms with E-state index in [0.717, 1.165) is 74.2 Å². The first-order valence-corrected chi connectivity index (χ1v) is 17.0. The Hall–Kier alpha value is -6.59. The summed E-state index contributed by atoms with van der Waals surface area (Å²) in [5.74, 6) is 0. The molecule has 5 heteroatoms. The zero-order chi connectivity index (χ0) is 33.0. The van der Waals surface area contributed by atoms with Crippen LogP contribution in [0.5, 0.6) is 0 Å². The molecule has 0 atom stereocenters. The number of aromatic nitrogens is 4. The van der Waals surface area contributed by atoms with Crippen LogP contribution in [0.25, 0.3) is 89.5 Å². The van der Waals surface area contributed by atoms with Crippen LogP contribution < -0.4 is 0 Å². The molecular weight excluding hydrogens is 613 g/mol. The third-order valence-corrected chi connectivity index (χ3v) is 9.86. The van der Waals surface area contributed by atoms with Crippen molar-refractivity contribution in [2.75, 3.05) is 0 Å². The van der Waals surface area contributed by atoms with Crippen LogP contribution in [-0.2, 0) is 6.42 Å². The molecule has 1 aliphatic rings. The molecule has 0 aliphatic heterocycles. The van der Waals surface area contributed by atoms with Crippen LogP contribution in [0.4, 0.5) is 0 Å². The summed E-state index contributed by atoms with van der Waals surface area (Å²) >= 11 is 0. The van der Waals surface area contributed by atoms with Gasteiger partial charge in [0.1, 0.15) is 11.2 Å². The van der Waals surface area contributed by atoms with Crippen molar-refractivity contribution in [2.24, 2.45) is 0 Å². The number of rotatable bonds is 5. The fourth-order valence-electron chi connectivity index (χ4n) is 7.58. The average molecular weight is 643 g/mol. The van der Waals surface area contributed by atoms with Gasteiger partial charge in [0.2, 0.25) is 0 Å². The second kappa shape index (κ2) is 11.5. The number of benzene rings is 4. The first kappa shape index (κ1) is 28.4. The van der Waals surface area contributed by atoms with Crippen LogP contribution in [-0.4, -0.2) is 19.5 Å². The number of hydrogen-bond acceptors (Lipinski definition) is 4. The van der Waals surface area contributed by atoms with E-state index in [0.29, 0.717) is 0 Å². The standard InChI is InChI=1S/C45H30N4O/c1-2-12-32(39-14-5-8-22-46-39)31(11-1)29-18-20-43-36(25-29)33-13-3-4-17-42(33)49(43)30-19-21-44-37(26-30)38-27-34(40-15-6-9-23-47-40)35(28-45(38)50-44)41-16-7-10-24-48-41/h1-2,4-12,14-28H,3,13H2. The Bertz CT molecular complexity index is 2740. The molecule has 0 N–H and O–H groups in total. The Morgan fingerprint density at radius 2 is 1.18 bits per heavy atom. The summed E-state index contributed by atoms with van der Waals surface area (Å²) < 4.78 is 8.93. The highest BCUT2D eigenvalue weighted by atomic mass is 16.3. The predicted molar refractivity (Wildman–Crippen MR) is 203 cm³/mol. The lowest BCUT2D eigenvalue weighted by molar-refractivity contribution is 0.669. The molecular formula is C45H30N4O. The molecule has 0 amide bonds. The molecule has 5 heterocycles. The van der Waals surface area contributed by atoms with Gasteiger partial charge in [0, 0.05) is 62.8 Å². The SMILES string of the molecule is C1=Cc2c(c3cc(-c4ccccc4-c4ccccn4)ccc3n2-c2ccc3oc4cc(-c5ccccn5)c(-c5ccccn5)cc4c3c2)CC1. The van der Waals surface area contributed by atoms with Crippen molar-refractivity contribution in [2.45, 2.75) is 12.8 Å². The van der Waals surface area contributed by atoms with E-state index in [1.54, 1.807) is 0 Å². The third-order valence-electron chi connectivity index (χ3n) is 9.86. The fraction of sp³-hybridized carbons (Fsp3) is 0.0444. The molecule has 10 rings (SSSR count). The van der Waals surface area contributed by atoms with E-state index in [1.165, 1.54) is 33.3 Å². The van der Waals surface area contributed by atoms with Crippen molar-refractivity contribution in [3.8, 4) is 50.6 Å². The Balaban J connectivity index is 1.16. The molecule has 50 heavy (non-hydrogen) atoms. The maximum Gasteiger partial charge on any atom is 0.136 e. The predicted octanol–water partition coefficient (Wildman–Crippen LogP) is 11.3. The second-order valence-electron chi connectivity index (χ2n) is 12.7. The van der Waals surface area contributed by atoms with Crippen LogP contribution in [0.3, 0.4) is 0 Å². The maximum absolute atomic E-state index is 6.51. The molecule has 1 aliphatic carbocycles. The van der Waals surface area contributed by atoms with Gasteiger partial charge in [0.05, 0.1) is 22.6 Å². The normalized spacial score (nSPS) is 12.6. The molecule has 0 bridgehead atoms. The molecule has 9 aromatic rings. The summed E-state index contributed by atoms with van der Waals surface area (Å²) in [5.41, 5.74) is 14.9. The van der Waals surface area contributed by atoms with Crippen molar-refractivity contribution in [3.05, 3.63) is 163 Å². The smallest absolute Gasteiger partial charge is 0.136 e. The zero-order valence-electron chi connectivity index (χ0n) is 27.1. The first-order chi connectivity index (χ1) is 24.8. The highest BCUT2D eigenvalue weighted by Gasteiger charge is 2.22. The van der Waals surface area contributed by atoms with E-state index >= 15 is 0 Å². The Morgan fingerprint density at radius 3 is 1.90 bits per heavy atom. The average Bonchev–Trinajstić information content (AvgIpc) is 3.72. The van der Waals surface area contributed by atoms with Gasteiger partial charge in [-0.25, -0.2) is 0 Å². The van der Waals surface area contributed by atoms with Gasteiger partial charge in [0.25, 0.3) is 0 Å². The van der Waals surface area contributed by atoms with Gasteiger partial charge >= 0.3 is 0 Å². The van der Waals surface area contributed by atoms with Gasteiger partial charge in [-0.3, -0.25) is 15.0 Å². The van der Waals surface area contributed by atoms with Crippen LogP contribution in [0.2, 0.25) is 0 Å². The van der Waals surface area contributed by atoms with E-state index in [-0.39, 0.29) is 0 Å². The number of aryl methyl sites for hydroxylation is 1. The zero-order valence-corrected chi connectivity index (χ0v) is 27.1. The summed E-state index contributed by atoms with van der Waals surface area (Å²) in [7, 11) is 0. The summed E-state index contributed by atoms with van der Waals surface area (Å²) in [6.45, 7) is 0. The van der Waals surface area contributed by atoms with Gasteiger partial charge in [-0.1, -0.05) is 54.6 Å². The minimum atomic E-state index is 0.827. The van der Waals surface area contributed by atoms with Gasteiger partial charge in [-0.15, -0.1) is 0 Å². The molecule has 0 fully saturated rings. The van der Waals surface area contributed by atoms with Gasteiger partial charge < -0.3 is 8.98 Å². The largest absolute Gasteiger partial charge is 0.456 e. The summed E-state index contributed by atoms with van der Waals surface area (Å²) in [5, 5.41) is 3.40. The van der Waals surface area contributed by atoms with E-state index in [4.69, 9.17) is 9.40 Å². The molecule has 0 saturated carbocycles. The first-order valence-electron chi connectivity index (χ1n) is 17.0. The van der Waals surface area contributed by atoms with Gasteiger partial charge in [0.15, 0.2) is 0 Å². The molecule has 236 valence electrons. The number of pyridine rings is 3. The number of fused-ring (bicyclic) bond motifs is 6. The molecule has 5 nitrogen and oxygen atoms in total. The van der Waals surface area contributed by atoms with Crippen molar-refractivity contribution >= 4 is 38.9 Å². The Morgan fingerprint density at radius 1 is 0.520 bits per heavy atom. The number of furan rings is 1.